The Balaban J connectivity index is 1.32. The second kappa shape index (κ2) is 8.07. The van der Waals surface area contributed by atoms with Crippen molar-refractivity contribution in [3.05, 3.63) is 70.9 Å². The van der Waals surface area contributed by atoms with E-state index < -0.39 is 0 Å². The number of aromatic nitrogens is 4. The molecule has 0 atom stereocenters. The summed E-state index contributed by atoms with van der Waals surface area (Å²) in [4.78, 5) is 27.3. The minimum atomic E-state index is -0.256. The van der Waals surface area contributed by atoms with E-state index in [1.165, 1.54) is 23.5 Å². The molecule has 5 rings (SSSR count). The molecule has 4 aromatic rings. The highest BCUT2D eigenvalue weighted by Gasteiger charge is 2.25. The van der Waals surface area contributed by atoms with Crippen molar-refractivity contribution in [1.82, 2.24) is 24.6 Å². The van der Waals surface area contributed by atoms with Crippen molar-refractivity contribution in [1.29, 1.82) is 0 Å². The molecule has 9 heteroatoms. The summed E-state index contributed by atoms with van der Waals surface area (Å²) in [6.45, 7) is 5.23. The number of halogens is 1. The van der Waals surface area contributed by atoms with Crippen LogP contribution in [0.15, 0.2) is 48.9 Å². The fraction of sp³-hybridized carbons (Fsp3) is 0.273. The van der Waals surface area contributed by atoms with Gasteiger partial charge in [0.2, 0.25) is 0 Å². The number of anilines is 1. The molecular weight excluding hydrogens is 415 g/mol. The second-order valence-corrected chi connectivity index (χ2v) is 8.57. The summed E-state index contributed by atoms with van der Waals surface area (Å²) in [5.41, 5.74) is 1.85. The maximum Gasteiger partial charge on any atom is 0.264 e. The first kappa shape index (κ1) is 19.6. The lowest BCUT2D eigenvalue weighted by atomic mass is 10.2. The smallest absolute Gasteiger partial charge is 0.264 e. The van der Waals surface area contributed by atoms with Crippen LogP contribution >= 0.6 is 11.3 Å². The van der Waals surface area contributed by atoms with Gasteiger partial charge in [0.25, 0.3) is 5.91 Å². The van der Waals surface area contributed by atoms with E-state index >= 15 is 0 Å². The standard InChI is InChI=1S/C22H21FN6OS/c1-15-18-12-19(31-22(18)29(26-15)14-16-2-4-17(23)5-3-16)21(30)28-10-8-27(9-11-28)20-13-24-6-7-25-20/h2-7,12-13H,8-11,14H2,1H3. The molecule has 1 aliphatic rings. The molecule has 3 aromatic heterocycles. The zero-order valence-corrected chi connectivity index (χ0v) is 17.8. The quantitative estimate of drug-likeness (QED) is 0.491. The van der Waals surface area contributed by atoms with Crippen LogP contribution in [0.5, 0.6) is 0 Å². The molecule has 4 heterocycles. The number of rotatable bonds is 4. The van der Waals surface area contributed by atoms with Gasteiger partial charge < -0.3 is 9.80 Å². The molecule has 158 valence electrons. The molecule has 0 aliphatic carbocycles. The summed E-state index contributed by atoms with van der Waals surface area (Å²) in [5.74, 6) is 0.634. The number of fused-ring (bicyclic) bond motifs is 1. The molecule has 0 unspecified atom stereocenters. The van der Waals surface area contributed by atoms with E-state index in [1.54, 1.807) is 30.7 Å². The Morgan fingerprint density at radius 3 is 2.61 bits per heavy atom. The number of aryl methyl sites for hydroxylation is 1. The lowest BCUT2D eigenvalue weighted by molar-refractivity contribution is 0.0751. The van der Waals surface area contributed by atoms with Crippen LogP contribution in [-0.4, -0.2) is 56.7 Å². The van der Waals surface area contributed by atoms with Crippen molar-refractivity contribution >= 4 is 33.3 Å². The maximum atomic E-state index is 13.2. The Bertz CT molecular complexity index is 1210. The highest BCUT2D eigenvalue weighted by atomic mass is 32.1. The minimum absolute atomic E-state index is 0.0488. The third kappa shape index (κ3) is 3.88. The van der Waals surface area contributed by atoms with Gasteiger partial charge in [-0.15, -0.1) is 11.3 Å². The van der Waals surface area contributed by atoms with Crippen molar-refractivity contribution < 1.29 is 9.18 Å². The summed E-state index contributed by atoms with van der Waals surface area (Å²) in [7, 11) is 0. The highest BCUT2D eigenvalue weighted by molar-refractivity contribution is 7.20. The van der Waals surface area contributed by atoms with Crippen LogP contribution in [0.25, 0.3) is 10.2 Å². The monoisotopic (exact) mass is 436 g/mol. The van der Waals surface area contributed by atoms with Gasteiger partial charge in [0.05, 0.1) is 23.3 Å². The molecule has 1 saturated heterocycles. The van der Waals surface area contributed by atoms with Gasteiger partial charge in [-0.05, 0) is 30.7 Å². The van der Waals surface area contributed by atoms with Crippen LogP contribution in [0.2, 0.25) is 0 Å². The number of hydrogen-bond donors (Lipinski definition) is 0. The molecule has 1 fully saturated rings. The van der Waals surface area contributed by atoms with Gasteiger partial charge in [-0.2, -0.15) is 5.10 Å². The van der Waals surface area contributed by atoms with Crippen LogP contribution < -0.4 is 4.90 Å². The summed E-state index contributed by atoms with van der Waals surface area (Å²) in [6.07, 6.45) is 5.09. The van der Waals surface area contributed by atoms with Crippen molar-refractivity contribution in [2.75, 3.05) is 31.1 Å². The van der Waals surface area contributed by atoms with Crippen molar-refractivity contribution in [2.45, 2.75) is 13.5 Å². The number of amides is 1. The Hall–Kier alpha value is -3.33. The van der Waals surface area contributed by atoms with Crippen molar-refractivity contribution in [2.24, 2.45) is 0 Å². The summed E-state index contributed by atoms with van der Waals surface area (Å²) >= 11 is 1.47. The first-order valence-electron chi connectivity index (χ1n) is 10.1. The molecule has 0 bridgehead atoms. The van der Waals surface area contributed by atoms with E-state index in [-0.39, 0.29) is 11.7 Å². The molecule has 31 heavy (non-hydrogen) atoms. The van der Waals surface area contributed by atoms with Gasteiger partial charge in [0.15, 0.2) is 0 Å². The zero-order chi connectivity index (χ0) is 21.4. The van der Waals surface area contributed by atoms with Crippen LogP contribution in [0.3, 0.4) is 0 Å². The number of carbonyl (C=O) groups is 1. The summed E-state index contributed by atoms with van der Waals surface area (Å²) < 4.78 is 15.1. The van der Waals surface area contributed by atoms with Gasteiger partial charge in [-0.25, -0.2) is 9.37 Å². The average Bonchev–Trinajstić information content (AvgIpc) is 3.37. The average molecular weight is 437 g/mol. The molecule has 1 aliphatic heterocycles. The number of benzene rings is 1. The van der Waals surface area contributed by atoms with Crippen molar-refractivity contribution in [3.63, 3.8) is 0 Å². The van der Waals surface area contributed by atoms with E-state index in [4.69, 9.17) is 0 Å². The minimum Gasteiger partial charge on any atom is -0.352 e. The van der Waals surface area contributed by atoms with Gasteiger partial charge in [0.1, 0.15) is 16.5 Å². The van der Waals surface area contributed by atoms with Gasteiger partial charge in [-0.1, -0.05) is 12.1 Å². The Kier molecular flexibility index (Phi) is 5.11. The Morgan fingerprint density at radius 2 is 1.90 bits per heavy atom. The topological polar surface area (TPSA) is 67.2 Å². The molecule has 7 nitrogen and oxygen atoms in total. The fourth-order valence-electron chi connectivity index (χ4n) is 3.84. The predicted molar refractivity (Wildman–Crippen MR) is 118 cm³/mol. The van der Waals surface area contributed by atoms with Crippen LogP contribution in [0.1, 0.15) is 20.9 Å². The molecule has 0 saturated carbocycles. The lowest BCUT2D eigenvalue weighted by Crippen LogP contribution is -2.48. The lowest BCUT2D eigenvalue weighted by Gasteiger charge is -2.35. The summed E-state index contributed by atoms with van der Waals surface area (Å²) in [5, 5.41) is 5.61. The van der Waals surface area contributed by atoms with E-state index in [1.807, 2.05) is 22.6 Å². The Morgan fingerprint density at radius 1 is 1.13 bits per heavy atom. The van der Waals surface area contributed by atoms with E-state index in [9.17, 15) is 9.18 Å². The number of hydrogen-bond acceptors (Lipinski definition) is 6. The largest absolute Gasteiger partial charge is 0.352 e. The molecule has 0 spiro atoms. The fourth-order valence-corrected chi connectivity index (χ4v) is 4.97. The van der Waals surface area contributed by atoms with Gasteiger partial charge in [0, 0.05) is 44.0 Å². The van der Waals surface area contributed by atoms with Crippen molar-refractivity contribution in [3.8, 4) is 0 Å². The SMILES string of the molecule is Cc1nn(Cc2ccc(F)cc2)c2sc(C(=O)N3CCN(c4cnccn4)CC3)cc12. The molecule has 1 amide bonds. The first-order valence-corrected chi connectivity index (χ1v) is 10.9. The summed E-state index contributed by atoms with van der Waals surface area (Å²) in [6, 6.07) is 8.36. The number of carbonyl (C=O) groups excluding carboxylic acids is 1. The highest BCUT2D eigenvalue weighted by Crippen LogP contribution is 2.30. The van der Waals surface area contributed by atoms with Gasteiger partial charge >= 0.3 is 0 Å². The molecule has 0 N–H and O–H groups in total. The first-order chi connectivity index (χ1) is 15.1. The normalized spacial score (nSPS) is 14.4. The molecule has 1 aromatic carbocycles. The third-order valence-electron chi connectivity index (χ3n) is 5.50. The Labute approximate surface area is 182 Å². The third-order valence-corrected chi connectivity index (χ3v) is 6.64. The number of thiophene rings is 1. The van der Waals surface area contributed by atoms with E-state index in [0.29, 0.717) is 19.6 Å². The van der Waals surface area contributed by atoms with E-state index in [2.05, 4.69) is 20.0 Å². The predicted octanol–water partition coefficient (Wildman–Crippen LogP) is 3.35. The molecule has 0 radical (unpaired) electrons. The van der Waals surface area contributed by atoms with Crippen LogP contribution in [-0.2, 0) is 6.54 Å². The maximum absolute atomic E-state index is 13.2. The number of piperazine rings is 1. The number of nitrogens with zero attached hydrogens (tertiary/aromatic N) is 6. The van der Waals surface area contributed by atoms with E-state index in [0.717, 1.165) is 45.3 Å². The molecular formula is C22H21FN6OS. The second-order valence-electron chi connectivity index (χ2n) is 7.54. The van der Waals surface area contributed by atoms with Gasteiger partial charge in [-0.3, -0.25) is 14.5 Å². The van der Waals surface area contributed by atoms with Crippen LogP contribution in [0.4, 0.5) is 10.2 Å². The van der Waals surface area contributed by atoms with Crippen LogP contribution in [0, 0.1) is 12.7 Å². The zero-order valence-electron chi connectivity index (χ0n) is 17.0.